The van der Waals surface area contributed by atoms with Crippen molar-refractivity contribution < 1.29 is 0 Å². The van der Waals surface area contributed by atoms with E-state index in [1.165, 1.54) is 5.57 Å². The Morgan fingerprint density at radius 2 is 2.18 bits per heavy atom. The standard InChI is InChI=1S/C16H18ClN5/c1-11-19-9-13(16(18)20-11)10-22-7-5-12(6-8-22)14-3-2-4-15(17)21-14/h2-5,9H,6-8,10H2,1H3,(H2,18,19,20). The fourth-order valence-electron chi connectivity index (χ4n) is 2.55. The summed E-state index contributed by atoms with van der Waals surface area (Å²) in [4.78, 5) is 15.1. The summed E-state index contributed by atoms with van der Waals surface area (Å²) in [6.07, 6.45) is 4.96. The average Bonchev–Trinajstić information content (AvgIpc) is 2.51. The van der Waals surface area contributed by atoms with Gasteiger partial charge in [0.1, 0.15) is 16.8 Å². The number of aryl methyl sites for hydroxylation is 1. The second kappa shape index (κ2) is 6.42. The molecule has 2 N–H and O–H groups in total. The maximum absolute atomic E-state index is 5.96. The highest BCUT2D eigenvalue weighted by Gasteiger charge is 2.15. The van der Waals surface area contributed by atoms with E-state index in [1.807, 2.05) is 25.3 Å². The van der Waals surface area contributed by atoms with E-state index < -0.39 is 0 Å². The van der Waals surface area contributed by atoms with Gasteiger partial charge in [-0.05, 0) is 31.1 Å². The van der Waals surface area contributed by atoms with E-state index in [9.17, 15) is 0 Å². The van der Waals surface area contributed by atoms with Gasteiger partial charge in [0.05, 0.1) is 5.69 Å². The highest BCUT2D eigenvalue weighted by molar-refractivity contribution is 6.29. The topological polar surface area (TPSA) is 67.9 Å². The van der Waals surface area contributed by atoms with Gasteiger partial charge < -0.3 is 5.73 Å². The van der Waals surface area contributed by atoms with Crippen molar-refractivity contribution in [2.45, 2.75) is 19.9 Å². The minimum absolute atomic E-state index is 0.533. The zero-order valence-electron chi connectivity index (χ0n) is 12.5. The summed E-state index contributed by atoms with van der Waals surface area (Å²) in [5, 5.41) is 0.533. The molecule has 2 aromatic rings. The molecule has 0 aliphatic carbocycles. The first-order valence-corrected chi connectivity index (χ1v) is 7.62. The summed E-state index contributed by atoms with van der Waals surface area (Å²) in [7, 11) is 0. The smallest absolute Gasteiger partial charge is 0.131 e. The molecule has 0 bridgehead atoms. The van der Waals surface area contributed by atoms with Crippen molar-refractivity contribution >= 4 is 23.0 Å². The van der Waals surface area contributed by atoms with Crippen molar-refractivity contribution in [3.05, 3.63) is 52.7 Å². The number of rotatable bonds is 3. The maximum Gasteiger partial charge on any atom is 0.131 e. The predicted octanol–water partition coefficient (Wildman–Crippen LogP) is 2.70. The number of pyridine rings is 1. The van der Waals surface area contributed by atoms with Crippen LogP contribution in [0.4, 0.5) is 5.82 Å². The molecule has 0 saturated heterocycles. The SMILES string of the molecule is Cc1ncc(CN2CC=C(c3cccc(Cl)n3)CC2)c(N)n1. The monoisotopic (exact) mass is 315 g/mol. The van der Waals surface area contributed by atoms with Gasteiger partial charge in [-0.2, -0.15) is 0 Å². The number of aromatic nitrogens is 3. The Bertz CT molecular complexity index is 713. The van der Waals surface area contributed by atoms with Crippen LogP contribution in [-0.2, 0) is 6.54 Å². The van der Waals surface area contributed by atoms with Gasteiger partial charge in [0, 0.05) is 31.4 Å². The zero-order chi connectivity index (χ0) is 15.5. The fraction of sp³-hybridized carbons (Fsp3) is 0.312. The summed E-state index contributed by atoms with van der Waals surface area (Å²) in [6.45, 7) is 4.41. The van der Waals surface area contributed by atoms with Crippen molar-refractivity contribution in [3.63, 3.8) is 0 Å². The molecule has 22 heavy (non-hydrogen) atoms. The fourth-order valence-corrected chi connectivity index (χ4v) is 2.71. The molecule has 2 aromatic heterocycles. The lowest BCUT2D eigenvalue weighted by Gasteiger charge is -2.26. The lowest BCUT2D eigenvalue weighted by Crippen LogP contribution is -2.28. The first-order valence-electron chi connectivity index (χ1n) is 7.24. The highest BCUT2D eigenvalue weighted by atomic mass is 35.5. The van der Waals surface area contributed by atoms with E-state index in [-0.39, 0.29) is 0 Å². The Morgan fingerprint density at radius 3 is 2.86 bits per heavy atom. The van der Waals surface area contributed by atoms with Crippen molar-refractivity contribution in [1.82, 2.24) is 19.9 Å². The Kier molecular flexibility index (Phi) is 4.36. The van der Waals surface area contributed by atoms with Crippen LogP contribution in [0.2, 0.25) is 5.15 Å². The lowest BCUT2D eigenvalue weighted by atomic mass is 10.0. The molecule has 6 heteroatoms. The third-order valence-electron chi connectivity index (χ3n) is 3.75. The third kappa shape index (κ3) is 3.43. The number of nitrogens with zero attached hydrogens (tertiary/aromatic N) is 4. The summed E-state index contributed by atoms with van der Waals surface area (Å²) in [5.74, 6) is 1.27. The zero-order valence-corrected chi connectivity index (χ0v) is 13.2. The summed E-state index contributed by atoms with van der Waals surface area (Å²) in [5.41, 5.74) is 9.14. The molecule has 114 valence electrons. The normalized spacial score (nSPS) is 15.6. The lowest BCUT2D eigenvalue weighted by molar-refractivity contribution is 0.293. The molecule has 0 saturated carbocycles. The van der Waals surface area contributed by atoms with Crippen molar-refractivity contribution in [1.29, 1.82) is 0 Å². The van der Waals surface area contributed by atoms with Crippen molar-refractivity contribution in [2.24, 2.45) is 0 Å². The van der Waals surface area contributed by atoms with Crippen LogP contribution in [0.15, 0.2) is 30.5 Å². The number of nitrogen functional groups attached to an aromatic ring is 1. The number of halogens is 1. The van der Waals surface area contributed by atoms with Crippen LogP contribution in [0.5, 0.6) is 0 Å². The van der Waals surface area contributed by atoms with E-state index in [0.717, 1.165) is 37.3 Å². The Labute approximate surface area is 134 Å². The molecule has 1 aliphatic heterocycles. The molecule has 0 atom stereocenters. The van der Waals surface area contributed by atoms with Gasteiger partial charge in [0.2, 0.25) is 0 Å². The molecule has 3 heterocycles. The Hall–Kier alpha value is -1.98. The molecular weight excluding hydrogens is 298 g/mol. The molecule has 3 rings (SSSR count). The van der Waals surface area contributed by atoms with Crippen LogP contribution >= 0.6 is 11.6 Å². The Balaban J connectivity index is 1.68. The van der Waals surface area contributed by atoms with E-state index in [1.54, 1.807) is 6.07 Å². The molecule has 1 aliphatic rings. The van der Waals surface area contributed by atoms with Gasteiger partial charge in [0.25, 0.3) is 0 Å². The molecule has 0 aromatic carbocycles. The number of hydrogen-bond donors (Lipinski definition) is 1. The quantitative estimate of drug-likeness (QED) is 0.882. The van der Waals surface area contributed by atoms with Crippen LogP contribution in [0.25, 0.3) is 5.57 Å². The molecule has 0 amide bonds. The molecule has 0 radical (unpaired) electrons. The van der Waals surface area contributed by atoms with Crippen LogP contribution in [0.3, 0.4) is 0 Å². The Morgan fingerprint density at radius 1 is 1.32 bits per heavy atom. The van der Waals surface area contributed by atoms with Gasteiger partial charge in [0.15, 0.2) is 0 Å². The van der Waals surface area contributed by atoms with Gasteiger partial charge in [-0.15, -0.1) is 0 Å². The average molecular weight is 316 g/mol. The van der Waals surface area contributed by atoms with Crippen LogP contribution < -0.4 is 5.73 Å². The number of nitrogens with two attached hydrogens (primary N) is 1. The predicted molar refractivity (Wildman–Crippen MR) is 88.3 cm³/mol. The third-order valence-corrected chi connectivity index (χ3v) is 3.96. The minimum atomic E-state index is 0.533. The second-order valence-electron chi connectivity index (χ2n) is 5.39. The first-order chi connectivity index (χ1) is 10.6. The summed E-state index contributed by atoms with van der Waals surface area (Å²) < 4.78 is 0. The molecule has 0 fully saturated rings. The van der Waals surface area contributed by atoms with Crippen LogP contribution in [0, 0.1) is 6.92 Å². The van der Waals surface area contributed by atoms with Crippen molar-refractivity contribution in [2.75, 3.05) is 18.8 Å². The molecular formula is C16H18ClN5. The number of anilines is 1. The van der Waals surface area contributed by atoms with Crippen LogP contribution in [-0.4, -0.2) is 32.9 Å². The van der Waals surface area contributed by atoms with Gasteiger partial charge in [-0.25, -0.2) is 15.0 Å². The first kappa shape index (κ1) is 14.9. The maximum atomic E-state index is 5.96. The van der Waals surface area contributed by atoms with Crippen LogP contribution in [0.1, 0.15) is 23.5 Å². The summed E-state index contributed by atoms with van der Waals surface area (Å²) in [6, 6.07) is 5.72. The van der Waals surface area contributed by atoms with E-state index in [0.29, 0.717) is 16.8 Å². The molecule has 5 nitrogen and oxygen atoms in total. The number of hydrogen-bond acceptors (Lipinski definition) is 5. The van der Waals surface area contributed by atoms with Gasteiger partial charge in [-0.1, -0.05) is 23.7 Å². The van der Waals surface area contributed by atoms with Crippen molar-refractivity contribution in [3.8, 4) is 0 Å². The second-order valence-corrected chi connectivity index (χ2v) is 5.77. The van der Waals surface area contributed by atoms with E-state index in [4.69, 9.17) is 17.3 Å². The molecule has 0 unspecified atom stereocenters. The highest BCUT2D eigenvalue weighted by Crippen LogP contribution is 2.23. The van der Waals surface area contributed by atoms with Gasteiger partial charge in [-0.3, -0.25) is 4.90 Å². The van der Waals surface area contributed by atoms with E-state index in [2.05, 4.69) is 25.9 Å². The molecule has 0 spiro atoms. The van der Waals surface area contributed by atoms with Gasteiger partial charge >= 0.3 is 0 Å². The minimum Gasteiger partial charge on any atom is -0.383 e. The largest absolute Gasteiger partial charge is 0.383 e. The van der Waals surface area contributed by atoms with E-state index >= 15 is 0 Å². The summed E-state index contributed by atoms with van der Waals surface area (Å²) >= 11 is 5.95.